The Balaban J connectivity index is 2.02. The van der Waals surface area contributed by atoms with Crippen LogP contribution in [0.5, 0.6) is 0 Å². The Morgan fingerprint density at radius 3 is 2.58 bits per heavy atom. The standard InChI is InChI=1S/C18H17N3O2S/c1-12-20-16-5-3-2-4-15(16)18(23)21(12)14-8-6-13(7-9-14)17(22)19-10-11-24/h2-9,24H,10-11H2,1H3,(H,19,22). The normalized spacial score (nSPS) is 10.8. The van der Waals surface area contributed by atoms with Gasteiger partial charge >= 0.3 is 0 Å². The molecule has 1 N–H and O–H groups in total. The Morgan fingerprint density at radius 2 is 1.88 bits per heavy atom. The van der Waals surface area contributed by atoms with Crippen LogP contribution in [0.1, 0.15) is 16.2 Å². The number of para-hydroxylation sites is 1. The molecular weight excluding hydrogens is 322 g/mol. The lowest BCUT2D eigenvalue weighted by Crippen LogP contribution is -2.25. The van der Waals surface area contributed by atoms with Crippen LogP contribution in [0.15, 0.2) is 53.3 Å². The van der Waals surface area contributed by atoms with Gasteiger partial charge in [0.15, 0.2) is 0 Å². The highest BCUT2D eigenvalue weighted by molar-refractivity contribution is 7.80. The molecule has 0 aliphatic rings. The zero-order valence-electron chi connectivity index (χ0n) is 13.2. The van der Waals surface area contributed by atoms with Crippen LogP contribution < -0.4 is 10.9 Å². The van der Waals surface area contributed by atoms with Gasteiger partial charge in [-0.2, -0.15) is 12.6 Å². The predicted octanol–water partition coefficient (Wildman–Crippen LogP) is 2.35. The Labute approximate surface area is 144 Å². The molecule has 0 fully saturated rings. The number of hydrogen-bond donors (Lipinski definition) is 2. The zero-order valence-corrected chi connectivity index (χ0v) is 14.1. The summed E-state index contributed by atoms with van der Waals surface area (Å²) in [4.78, 5) is 29.2. The number of nitrogens with one attached hydrogen (secondary N) is 1. The quantitative estimate of drug-likeness (QED) is 0.717. The van der Waals surface area contributed by atoms with Gasteiger partial charge in [-0.05, 0) is 43.3 Å². The van der Waals surface area contributed by atoms with Crippen molar-refractivity contribution in [2.45, 2.75) is 6.92 Å². The Morgan fingerprint density at radius 1 is 1.17 bits per heavy atom. The number of benzene rings is 2. The van der Waals surface area contributed by atoms with E-state index in [1.807, 2.05) is 18.2 Å². The molecule has 0 unspecified atom stereocenters. The van der Waals surface area contributed by atoms with Crippen molar-refractivity contribution in [1.29, 1.82) is 0 Å². The van der Waals surface area contributed by atoms with E-state index in [0.29, 0.717) is 40.3 Å². The lowest BCUT2D eigenvalue weighted by molar-refractivity contribution is 0.0956. The molecule has 5 nitrogen and oxygen atoms in total. The van der Waals surface area contributed by atoms with Crippen LogP contribution >= 0.6 is 12.6 Å². The molecule has 3 aromatic rings. The molecule has 0 atom stereocenters. The van der Waals surface area contributed by atoms with Gasteiger partial charge in [-0.1, -0.05) is 12.1 Å². The number of hydrogen-bond acceptors (Lipinski definition) is 4. The molecule has 2 aromatic carbocycles. The van der Waals surface area contributed by atoms with Crippen LogP contribution in [0.2, 0.25) is 0 Å². The maximum Gasteiger partial charge on any atom is 0.265 e. The summed E-state index contributed by atoms with van der Waals surface area (Å²) in [7, 11) is 0. The molecule has 3 rings (SSSR count). The van der Waals surface area contributed by atoms with Crippen molar-refractivity contribution >= 4 is 29.4 Å². The maximum atomic E-state index is 12.7. The second-order valence-electron chi connectivity index (χ2n) is 5.34. The Bertz CT molecular complexity index is 949. The summed E-state index contributed by atoms with van der Waals surface area (Å²) >= 11 is 4.06. The summed E-state index contributed by atoms with van der Waals surface area (Å²) in [6, 6.07) is 14.2. The Hall–Kier alpha value is -2.60. The molecule has 24 heavy (non-hydrogen) atoms. The molecule has 0 saturated heterocycles. The van der Waals surface area contributed by atoms with E-state index in [9.17, 15) is 9.59 Å². The average Bonchev–Trinajstić information content (AvgIpc) is 2.60. The highest BCUT2D eigenvalue weighted by Crippen LogP contribution is 2.13. The second kappa shape index (κ2) is 6.88. The molecular formula is C18H17N3O2S. The fourth-order valence-corrected chi connectivity index (χ4v) is 2.69. The van der Waals surface area contributed by atoms with Gasteiger partial charge in [-0.15, -0.1) is 0 Å². The summed E-state index contributed by atoms with van der Waals surface area (Å²) in [6.07, 6.45) is 0. The highest BCUT2D eigenvalue weighted by atomic mass is 32.1. The molecule has 0 radical (unpaired) electrons. The van der Waals surface area contributed by atoms with E-state index < -0.39 is 0 Å². The summed E-state index contributed by atoms with van der Waals surface area (Å²) in [6.45, 7) is 2.30. The van der Waals surface area contributed by atoms with E-state index in [2.05, 4.69) is 22.9 Å². The smallest absolute Gasteiger partial charge is 0.265 e. The average molecular weight is 339 g/mol. The zero-order chi connectivity index (χ0) is 17.1. The first-order valence-electron chi connectivity index (χ1n) is 7.59. The van der Waals surface area contributed by atoms with Gasteiger partial charge in [0, 0.05) is 17.9 Å². The third-order valence-electron chi connectivity index (χ3n) is 3.73. The van der Waals surface area contributed by atoms with Crippen molar-refractivity contribution in [3.8, 4) is 5.69 Å². The molecule has 0 bridgehead atoms. The van der Waals surface area contributed by atoms with Crippen molar-refractivity contribution in [2.24, 2.45) is 0 Å². The van der Waals surface area contributed by atoms with Gasteiger partial charge in [-0.3, -0.25) is 14.2 Å². The van der Waals surface area contributed by atoms with Gasteiger partial charge in [-0.25, -0.2) is 4.98 Å². The number of nitrogens with zero attached hydrogens (tertiary/aromatic N) is 2. The molecule has 1 amide bonds. The summed E-state index contributed by atoms with van der Waals surface area (Å²) < 4.78 is 1.55. The largest absolute Gasteiger partial charge is 0.351 e. The van der Waals surface area contributed by atoms with Gasteiger partial charge in [0.25, 0.3) is 11.5 Å². The van der Waals surface area contributed by atoms with Gasteiger partial charge in [0.2, 0.25) is 0 Å². The third kappa shape index (κ3) is 3.05. The third-order valence-corrected chi connectivity index (χ3v) is 3.95. The van der Waals surface area contributed by atoms with E-state index >= 15 is 0 Å². The number of carbonyl (C=O) groups excluding carboxylic acids is 1. The fraction of sp³-hybridized carbons (Fsp3) is 0.167. The van der Waals surface area contributed by atoms with Crippen LogP contribution in [0.25, 0.3) is 16.6 Å². The molecule has 1 aromatic heterocycles. The molecule has 0 aliphatic carbocycles. The molecule has 1 heterocycles. The number of aromatic nitrogens is 2. The summed E-state index contributed by atoms with van der Waals surface area (Å²) in [5, 5.41) is 3.33. The van der Waals surface area contributed by atoms with Crippen LogP contribution in [-0.4, -0.2) is 27.8 Å². The SMILES string of the molecule is Cc1nc2ccccc2c(=O)n1-c1ccc(C(=O)NCCS)cc1. The number of thiol groups is 1. The topological polar surface area (TPSA) is 64.0 Å². The second-order valence-corrected chi connectivity index (χ2v) is 5.79. The van der Waals surface area contributed by atoms with Crippen molar-refractivity contribution in [1.82, 2.24) is 14.9 Å². The van der Waals surface area contributed by atoms with Crippen molar-refractivity contribution < 1.29 is 4.79 Å². The first-order chi connectivity index (χ1) is 11.6. The molecule has 0 saturated carbocycles. The monoisotopic (exact) mass is 339 g/mol. The van der Waals surface area contributed by atoms with E-state index in [1.165, 1.54) is 0 Å². The minimum Gasteiger partial charge on any atom is -0.351 e. The first kappa shape index (κ1) is 16.3. The van der Waals surface area contributed by atoms with E-state index in [-0.39, 0.29) is 11.5 Å². The Kier molecular flexibility index (Phi) is 4.66. The summed E-state index contributed by atoms with van der Waals surface area (Å²) in [5.41, 5.74) is 1.78. The minimum atomic E-state index is -0.156. The highest BCUT2D eigenvalue weighted by Gasteiger charge is 2.10. The number of aryl methyl sites for hydroxylation is 1. The van der Waals surface area contributed by atoms with Crippen molar-refractivity contribution in [3.05, 3.63) is 70.3 Å². The molecule has 0 spiro atoms. The first-order valence-corrected chi connectivity index (χ1v) is 8.23. The van der Waals surface area contributed by atoms with E-state index in [4.69, 9.17) is 0 Å². The van der Waals surface area contributed by atoms with Gasteiger partial charge in [0.1, 0.15) is 5.82 Å². The molecule has 122 valence electrons. The fourth-order valence-electron chi connectivity index (χ4n) is 2.58. The van der Waals surface area contributed by atoms with Crippen molar-refractivity contribution in [2.75, 3.05) is 12.3 Å². The number of amides is 1. The lowest BCUT2D eigenvalue weighted by Gasteiger charge is -2.11. The predicted molar refractivity (Wildman–Crippen MR) is 98.3 cm³/mol. The minimum absolute atomic E-state index is 0.120. The number of fused-ring (bicyclic) bond motifs is 1. The maximum absolute atomic E-state index is 12.7. The number of rotatable bonds is 4. The molecule has 6 heteroatoms. The van der Waals surface area contributed by atoms with Gasteiger partial charge in [0.05, 0.1) is 16.6 Å². The lowest BCUT2D eigenvalue weighted by atomic mass is 10.2. The van der Waals surface area contributed by atoms with Crippen LogP contribution in [0, 0.1) is 6.92 Å². The van der Waals surface area contributed by atoms with Crippen LogP contribution in [0.3, 0.4) is 0 Å². The van der Waals surface area contributed by atoms with Gasteiger partial charge < -0.3 is 5.32 Å². The number of carbonyl (C=O) groups is 1. The van der Waals surface area contributed by atoms with Crippen LogP contribution in [0.4, 0.5) is 0 Å². The van der Waals surface area contributed by atoms with Crippen LogP contribution in [-0.2, 0) is 0 Å². The van der Waals surface area contributed by atoms with E-state index in [0.717, 1.165) is 0 Å². The molecule has 0 aliphatic heterocycles. The summed E-state index contributed by atoms with van der Waals surface area (Å²) in [5.74, 6) is 1.03. The van der Waals surface area contributed by atoms with E-state index in [1.54, 1.807) is 41.8 Å². The van der Waals surface area contributed by atoms with Crippen molar-refractivity contribution in [3.63, 3.8) is 0 Å².